The number of carbonyl (C=O) groups is 2. The highest BCUT2D eigenvalue weighted by atomic mass is 32.2. The van der Waals surface area contributed by atoms with Gasteiger partial charge in [-0.1, -0.05) is 24.3 Å². The third-order valence-electron chi connectivity index (χ3n) is 6.14. The molecule has 3 aromatic rings. The van der Waals surface area contributed by atoms with E-state index in [1.54, 1.807) is 36.4 Å². The number of carbonyl (C=O) groups excluding carboxylic acids is 2. The molecule has 1 heterocycles. The van der Waals surface area contributed by atoms with Gasteiger partial charge in [0.25, 0.3) is 5.91 Å². The Kier molecular flexibility index (Phi) is 7.57. The van der Waals surface area contributed by atoms with Crippen LogP contribution in [0.25, 0.3) is 0 Å². The lowest BCUT2D eigenvalue weighted by molar-refractivity contribution is -0.122. The first-order chi connectivity index (χ1) is 17.8. The largest absolute Gasteiger partial charge is 0.493 e. The Morgan fingerprint density at radius 3 is 2.27 bits per heavy atom. The summed E-state index contributed by atoms with van der Waals surface area (Å²) in [5, 5.41) is 9.04. The van der Waals surface area contributed by atoms with Gasteiger partial charge in [0.15, 0.2) is 11.5 Å². The van der Waals surface area contributed by atoms with Gasteiger partial charge in [0.1, 0.15) is 6.04 Å². The van der Waals surface area contributed by atoms with Gasteiger partial charge in [-0.15, -0.1) is 0 Å². The highest BCUT2D eigenvalue weighted by molar-refractivity contribution is 7.89. The number of amides is 2. The van der Waals surface area contributed by atoms with E-state index in [9.17, 15) is 18.0 Å². The summed E-state index contributed by atoms with van der Waals surface area (Å²) in [5.41, 5.74) is 1.43. The molecule has 1 atom stereocenters. The Labute approximate surface area is 215 Å². The van der Waals surface area contributed by atoms with Crippen LogP contribution in [0, 0.1) is 11.3 Å². The van der Waals surface area contributed by atoms with E-state index in [0.29, 0.717) is 17.1 Å². The predicted octanol–water partition coefficient (Wildman–Crippen LogP) is 3.14. The fourth-order valence-corrected chi connectivity index (χ4v) is 5.85. The lowest BCUT2D eigenvalue weighted by Gasteiger charge is -2.27. The summed E-state index contributed by atoms with van der Waals surface area (Å²) in [5.74, 6) is -0.119. The fourth-order valence-electron chi connectivity index (χ4n) is 4.24. The van der Waals surface area contributed by atoms with E-state index >= 15 is 0 Å². The predicted molar refractivity (Wildman–Crippen MR) is 136 cm³/mol. The SMILES string of the molecule is COc1ccc(CCN(C2CC(=O)N(c3ccc(C#N)cc3)C2=O)S(=O)(=O)c2ccccc2)cc1OC. The molecule has 1 aliphatic heterocycles. The van der Waals surface area contributed by atoms with E-state index < -0.39 is 27.9 Å². The molecule has 0 aromatic heterocycles. The molecule has 0 radical (unpaired) electrons. The molecule has 2 amide bonds. The Bertz CT molecular complexity index is 1450. The molecule has 0 bridgehead atoms. The van der Waals surface area contributed by atoms with Crippen LogP contribution in [-0.4, -0.2) is 51.3 Å². The highest BCUT2D eigenvalue weighted by Gasteiger charge is 2.46. The quantitative estimate of drug-likeness (QED) is 0.399. The van der Waals surface area contributed by atoms with Gasteiger partial charge in [-0.05, 0) is 60.5 Å². The molecule has 1 aliphatic rings. The van der Waals surface area contributed by atoms with Crippen molar-refractivity contribution in [1.82, 2.24) is 4.31 Å². The number of benzene rings is 3. The van der Waals surface area contributed by atoms with Crippen LogP contribution in [-0.2, 0) is 26.0 Å². The summed E-state index contributed by atoms with van der Waals surface area (Å²) in [4.78, 5) is 27.4. The molecule has 1 fully saturated rings. The summed E-state index contributed by atoms with van der Waals surface area (Å²) in [7, 11) is -1.09. The van der Waals surface area contributed by atoms with Crippen molar-refractivity contribution in [3.8, 4) is 17.6 Å². The molecule has 190 valence electrons. The van der Waals surface area contributed by atoms with Crippen LogP contribution in [0.4, 0.5) is 5.69 Å². The van der Waals surface area contributed by atoms with E-state index in [0.717, 1.165) is 14.8 Å². The minimum Gasteiger partial charge on any atom is -0.493 e. The Morgan fingerprint density at radius 2 is 1.65 bits per heavy atom. The monoisotopic (exact) mass is 519 g/mol. The lowest BCUT2D eigenvalue weighted by atomic mass is 10.1. The molecule has 0 spiro atoms. The number of sulfonamides is 1. The summed E-state index contributed by atoms with van der Waals surface area (Å²) < 4.78 is 39.1. The van der Waals surface area contributed by atoms with Crippen molar-refractivity contribution in [1.29, 1.82) is 5.26 Å². The van der Waals surface area contributed by atoms with Crippen LogP contribution in [0.5, 0.6) is 11.5 Å². The van der Waals surface area contributed by atoms with Crippen LogP contribution < -0.4 is 14.4 Å². The second-order valence-corrected chi connectivity index (χ2v) is 10.2. The van der Waals surface area contributed by atoms with Crippen molar-refractivity contribution in [2.75, 3.05) is 25.7 Å². The van der Waals surface area contributed by atoms with E-state index in [1.807, 2.05) is 6.07 Å². The number of imide groups is 1. The zero-order valence-corrected chi connectivity index (χ0v) is 21.1. The van der Waals surface area contributed by atoms with Crippen molar-refractivity contribution in [3.63, 3.8) is 0 Å². The van der Waals surface area contributed by atoms with Crippen LogP contribution in [0.1, 0.15) is 17.5 Å². The molecule has 4 rings (SSSR count). The molecule has 37 heavy (non-hydrogen) atoms. The summed E-state index contributed by atoms with van der Waals surface area (Å²) >= 11 is 0. The number of hydrogen-bond donors (Lipinski definition) is 0. The smallest absolute Gasteiger partial charge is 0.252 e. The second kappa shape index (κ2) is 10.8. The van der Waals surface area contributed by atoms with Crippen molar-refractivity contribution in [3.05, 3.63) is 83.9 Å². The Morgan fingerprint density at radius 1 is 0.973 bits per heavy atom. The van der Waals surface area contributed by atoms with E-state index in [-0.39, 0.29) is 30.0 Å². The number of nitrogens with zero attached hydrogens (tertiary/aromatic N) is 3. The number of methoxy groups -OCH3 is 2. The van der Waals surface area contributed by atoms with Crippen LogP contribution >= 0.6 is 0 Å². The minimum absolute atomic E-state index is 0.0272. The maximum Gasteiger partial charge on any atom is 0.252 e. The molecule has 1 unspecified atom stereocenters. The standard InChI is InChI=1S/C27H25N3O6S/c1-35-24-13-10-19(16-25(24)36-2)14-15-29(37(33,34)22-6-4-3-5-7-22)23-17-26(31)30(27(23)32)21-11-8-20(18-28)9-12-21/h3-13,16,23H,14-15,17H2,1-2H3. The van der Waals surface area contributed by atoms with Crippen molar-refractivity contribution in [2.45, 2.75) is 23.8 Å². The van der Waals surface area contributed by atoms with E-state index in [2.05, 4.69) is 0 Å². The molecule has 0 aliphatic carbocycles. The molecule has 0 N–H and O–H groups in total. The van der Waals surface area contributed by atoms with Gasteiger partial charge in [-0.2, -0.15) is 9.57 Å². The van der Waals surface area contributed by atoms with Gasteiger partial charge in [0.05, 0.1) is 42.9 Å². The number of nitriles is 1. The van der Waals surface area contributed by atoms with Gasteiger partial charge in [0.2, 0.25) is 15.9 Å². The number of anilines is 1. The van der Waals surface area contributed by atoms with Crippen LogP contribution in [0.2, 0.25) is 0 Å². The van der Waals surface area contributed by atoms with E-state index in [1.165, 1.54) is 50.6 Å². The molecule has 3 aromatic carbocycles. The first-order valence-electron chi connectivity index (χ1n) is 11.4. The first kappa shape index (κ1) is 25.9. The zero-order valence-electron chi connectivity index (χ0n) is 20.3. The maximum atomic E-state index is 13.7. The van der Waals surface area contributed by atoms with Crippen LogP contribution in [0.3, 0.4) is 0 Å². The summed E-state index contributed by atoms with van der Waals surface area (Å²) in [6.07, 6.45) is -0.0297. The average Bonchev–Trinajstić information content (AvgIpc) is 3.22. The molecule has 10 heteroatoms. The minimum atomic E-state index is -4.12. The first-order valence-corrected chi connectivity index (χ1v) is 12.9. The van der Waals surface area contributed by atoms with Crippen molar-refractivity contribution in [2.24, 2.45) is 0 Å². The molecule has 9 nitrogen and oxygen atoms in total. The molecule has 0 saturated carbocycles. The van der Waals surface area contributed by atoms with Crippen molar-refractivity contribution < 1.29 is 27.5 Å². The van der Waals surface area contributed by atoms with E-state index in [4.69, 9.17) is 14.7 Å². The topological polar surface area (TPSA) is 117 Å². The second-order valence-electron chi connectivity index (χ2n) is 8.31. The molecular weight excluding hydrogens is 494 g/mol. The Hall–Kier alpha value is -4.20. The maximum absolute atomic E-state index is 13.7. The third kappa shape index (κ3) is 5.18. The number of ether oxygens (including phenoxy) is 2. The summed E-state index contributed by atoms with van der Waals surface area (Å²) in [6, 6.07) is 19.8. The average molecular weight is 520 g/mol. The number of hydrogen-bond acceptors (Lipinski definition) is 7. The van der Waals surface area contributed by atoms with Gasteiger partial charge in [0, 0.05) is 6.54 Å². The van der Waals surface area contributed by atoms with Crippen molar-refractivity contribution >= 4 is 27.5 Å². The van der Waals surface area contributed by atoms with Gasteiger partial charge in [-0.3, -0.25) is 9.59 Å². The van der Waals surface area contributed by atoms with Crippen LogP contribution in [0.15, 0.2) is 77.7 Å². The molecule has 1 saturated heterocycles. The van der Waals surface area contributed by atoms with Gasteiger partial charge >= 0.3 is 0 Å². The Balaban J connectivity index is 1.68. The molecular formula is C27H25N3O6S. The zero-order chi connectivity index (χ0) is 26.6. The highest BCUT2D eigenvalue weighted by Crippen LogP contribution is 2.31. The fraction of sp³-hybridized carbons (Fsp3) is 0.222. The summed E-state index contributed by atoms with van der Waals surface area (Å²) in [6.45, 7) is -0.0440. The number of rotatable bonds is 9. The normalized spacial score (nSPS) is 15.6. The van der Waals surface area contributed by atoms with Gasteiger partial charge in [-0.25, -0.2) is 13.3 Å². The van der Waals surface area contributed by atoms with Gasteiger partial charge < -0.3 is 9.47 Å². The third-order valence-corrected chi connectivity index (χ3v) is 8.07. The lowest BCUT2D eigenvalue weighted by Crippen LogP contribution is -2.46.